The molecule has 102 valence electrons. The minimum Gasteiger partial charge on any atom is -0.398 e. The number of nitrogens with zero attached hydrogens (tertiary/aromatic N) is 1. The second-order valence-electron chi connectivity index (χ2n) is 3.93. The first kappa shape index (κ1) is 13.8. The van der Waals surface area contributed by atoms with Gasteiger partial charge in [0.25, 0.3) is 0 Å². The van der Waals surface area contributed by atoms with E-state index in [2.05, 4.69) is 0 Å². The van der Waals surface area contributed by atoms with Crippen LogP contribution in [0.5, 0.6) is 0 Å². The molecule has 1 saturated heterocycles. The van der Waals surface area contributed by atoms with Gasteiger partial charge in [0.1, 0.15) is 0 Å². The molecule has 1 aromatic rings. The summed E-state index contributed by atoms with van der Waals surface area (Å²) in [6.07, 6.45) is 0. The molecule has 0 bridgehead atoms. The van der Waals surface area contributed by atoms with Crippen LogP contribution < -0.4 is 11.1 Å². The van der Waals surface area contributed by atoms with Gasteiger partial charge in [0.05, 0.1) is 28.7 Å². The first-order valence-electron chi connectivity index (χ1n) is 5.18. The summed E-state index contributed by atoms with van der Waals surface area (Å²) < 4.78 is 25.3. The van der Waals surface area contributed by atoms with Crippen LogP contribution in [0.25, 0.3) is 0 Å². The second-order valence-corrected chi connectivity index (χ2v) is 6.27. The van der Waals surface area contributed by atoms with E-state index in [9.17, 15) is 18.0 Å². The number of nitrogen functional groups attached to an aromatic ring is 1. The van der Waals surface area contributed by atoms with E-state index >= 15 is 0 Å². The summed E-state index contributed by atoms with van der Waals surface area (Å²) in [6.45, 7) is -0.813. The molecule has 3 N–H and O–H groups in total. The number of hydrogen-bond donors (Lipinski definition) is 2. The van der Waals surface area contributed by atoms with Crippen LogP contribution in [0, 0.1) is 0 Å². The number of imide groups is 1. The predicted octanol–water partition coefficient (Wildman–Crippen LogP) is -0.431. The Morgan fingerprint density at radius 2 is 1.79 bits per heavy atom. The molecular weight excluding hydrogens is 294 g/mol. The fourth-order valence-corrected chi connectivity index (χ4v) is 3.22. The van der Waals surface area contributed by atoms with Crippen LogP contribution in [-0.4, -0.2) is 37.6 Å². The van der Waals surface area contributed by atoms with Gasteiger partial charge in [-0.25, -0.2) is 8.42 Å². The third kappa shape index (κ3) is 2.70. The van der Waals surface area contributed by atoms with E-state index in [1.807, 2.05) is 5.32 Å². The number of benzene rings is 1. The van der Waals surface area contributed by atoms with Gasteiger partial charge in [-0.2, -0.15) is 4.31 Å². The van der Waals surface area contributed by atoms with Crippen LogP contribution in [0.4, 0.5) is 5.69 Å². The summed E-state index contributed by atoms with van der Waals surface area (Å²) in [7, 11) is -3.96. The van der Waals surface area contributed by atoms with Crippen LogP contribution >= 0.6 is 11.6 Å². The highest BCUT2D eigenvalue weighted by atomic mass is 35.5. The van der Waals surface area contributed by atoms with Gasteiger partial charge in [0.15, 0.2) is 0 Å². The maximum Gasteiger partial charge on any atom is 0.244 e. The average Bonchev–Trinajstić information content (AvgIpc) is 2.31. The molecule has 9 heteroatoms. The lowest BCUT2D eigenvalue weighted by Crippen LogP contribution is -2.53. The lowest BCUT2D eigenvalue weighted by atomic mass is 10.3. The van der Waals surface area contributed by atoms with Crippen molar-refractivity contribution in [3.8, 4) is 0 Å². The summed E-state index contributed by atoms with van der Waals surface area (Å²) in [5.41, 5.74) is 5.74. The number of carbonyl (C=O) groups is 2. The van der Waals surface area contributed by atoms with Crippen molar-refractivity contribution in [3.05, 3.63) is 23.2 Å². The van der Waals surface area contributed by atoms with Gasteiger partial charge in [0.2, 0.25) is 21.8 Å². The van der Waals surface area contributed by atoms with E-state index in [0.29, 0.717) is 0 Å². The third-order valence-corrected chi connectivity index (χ3v) is 4.64. The quantitative estimate of drug-likeness (QED) is 0.569. The molecule has 0 saturated carbocycles. The van der Waals surface area contributed by atoms with Crippen molar-refractivity contribution in [1.82, 2.24) is 9.62 Å². The molecule has 2 rings (SSSR count). The SMILES string of the molecule is Nc1ccc(S(=O)(=O)N2CC(=O)NC(=O)C2)cc1Cl. The van der Waals surface area contributed by atoms with Crippen LogP contribution in [0.3, 0.4) is 0 Å². The van der Waals surface area contributed by atoms with E-state index in [-0.39, 0.29) is 15.6 Å². The molecule has 0 spiro atoms. The van der Waals surface area contributed by atoms with Gasteiger partial charge < -0.3 is 5.73 Å². The molecule has 1 aliphatic rings. The molecule has 19 heavy (non-hydrogen) atoms. The number of rotatable bonds is 2. The molecule has 1 aliphatic heterocycles. The predicted molar refractivity (Wildman–Crippen MR) is 67.8 cm³/mol. The largest absolute Gasteiger partial charge is 0.398 e. The number of hydrogen-bond acceptors (Lipinski definition) is 5. The van der Waals surface area contributed by atoms with Crippen molar-refractivity contribution in [2.45, 2.75) is 4.90 Å². The monoisotopic (exact) mass is 303 g/mol. The zero-order valence-corrected chi connectivity index (χ0v) is 11.2. The highest BCUT2D eigenvalue weighted by Gasteiger charge is 2.33. The molecule has 0 atom stereocenters. The number of nitrogens with one attached hydrogen (secondary N) is 1. The molecule has 0 unspecified atom stereocenters. The minimum atomic E-state index is -3.96. The van der Waals surface area contributed by atoms with Crippen LogP contribution in [0.1, 0.15) is 0 Å². The molecule has 2 amide bonds. The standard InChI is InChI=1S/C10H10ClN3O4S/c11-7-3-6(1-2-8(7)12)19(17,18)14-4-9(15)13-10(16)5-14/h1-3H,4-5,12H2,(H,13,15,16). The molecule has 1 heterocycles. The van der Waals surface area contributed by atoms with Gasteiger partial charge in [0, 0.05) is 0 Å². The molecule has 1 aromatic carbocycles. The number of piperazine rings is 1. The Balaban J connectivity index is 2.39. The zero-order valence-electron chi connectivity index (χ0n) is 9.59. The maximum atomic E-state index is 12.2. The van der Waals surface area contributed by atoms with Crippen molar-refractivity contribution in [2.24, 2.45) is 0 Å². The number of amides is 2. The number of sulfonamides is 1. The van der Waals surface area contributed by atoms with Crippen LogP contribution in [-0.2, 0) is 19.6 Å². The molecule has 1 fully saturated rings. The lowest BCUT2D eigenvalue weighted by Gasteiger charge is -2.24. The molecule has 0 radical (unpaired) electrons. The first-order valence-corrected chi connectivity index (χ1v) is 7.00. The number of anilines is 1. The molecular formula is C10H10ClN3O4S. The number of nitrogens with two attached hydrogens (primary N) is 1. The first-order chi connectivity index (χ1) is 8.80. The van der Waals surface area contributed by atoms with E-state index in [0.717, 1.165) is 4.31 Å². The Labute approximate surface area is 114 Å². The smallest absolute Gasteiger partial charge is 0.244 e. The topological polar surface area (TPSA) is 110 Å². The van der Waals surface area contributed by atoms with E-state index in [4.69, 9.17) is 17.3 Å². The maximum absolute atomic E-state index is 12.2. The van der Waals surface area contributed by atoms with Crippen LogP contribution in [0.15, 0.2) is 23.1 Å². The van der Waals surface area contributed by atoms with Gasteiger partial charge in [-0.3, -0.25) is 14.9 Å². The minimum absolute atomic E-state index is 0.0915. The number of halogens is 1. The van der Waals surface area contributed by atoms with Crippen molar-refractivity contribution >= 4 is 39.1 Å². The summed E-state index contributed by atoms with van der Waals surface area (Å²) in [5, 5.41) is 2.11. The van der Waals surface area contributed by atoms with Crippen molar-refractivity contribution in [3.63, 3.8) is 0 Å². The summed E-state index contributed by atoms with van der Waals surface area (Å²) in [6, 6.07) is 3.80. The Kier molecular flexibility index (Phi) is 3.48. The van der Waals surface area contributed by atoms with Gasteiger partial charge >= 0.3 is 0 Å². The highest BCUT2D eigenvalue weighted by molar-refractivity contribution is 7.89. The average molecular weight is 304 g/mol. The van der Waals surface area contributed by atoms with Crippen molar-refractivity contribution in [2.75, 3.05) is 18.8 Å². The van der Waals surface area contributed by atoms with E-state index in [1.165, 1.54) is 18.2 Å². The Bertz CT molecular complexity index is 643. The van der Waals surface area contributed by atoms with E-state index < -0.39 is 34.9 Å². The lowest BCUT2D eigenvalue weighted by molar-refractivity contribution is -0.134. The Morgan fingerprint density at radius 1 is 1.21 bits per heavy atom. The molecule has 0 aliphatic carbocycles. The fourth-order valence-electron chi connectivity index (χ4n) is 1.60. The van der Waals surface area contributed by atoms with Gasteiger partial charge in [-0.05, 0) is 18.2 Å². The number of carbonyl (C=O) groups excluding carboxylic acids is 2. The van der Waals surface area contributed by atoms with E-state index in [1.54, 1.807) is 0 Å². The highest BCUT2D eigenvalue weighted by Crippen LogP contribution is 2.24. The summed E-state index contributed by atoms with van der Waals surface area (Å²) >= 11 is 5.76. The molecule has 0 aromatic heterocycles. The molecule has 7 nitrogen and oxygen atoms in total. The summed E-state index contributed by atoms with van der Waals surface area (Å²) in [4.78, 5) is 22.3. The normalized spacial score (nSPS) is 17.3. The van der Waals surface area contributed by atoms with Crippen LogP contribution in [0.2, 0.25) is 5.02 Å². The Hall–Kier alpha value is -1.64. The zero-order chi connectivity index (χ0) is 14.2. The van der Waals surface area contributed by atoms with Gasteiger partial charge in [-0.15, -0.1) is 0 Å². The second kappa shape index (κ2) is 4.80. The fraction of sp³-hybridized carbons (Fsp3) is 0.200. The van der Waals surface area contributed by atoms with Crippen molar-refractivity contribution < 1.29 is 18.0 Å². The van der Waals surface area contributed by atoms with Gasteiger partial charge in [-0.1, -0.05) is 11.6 Å². The van der Waals surface area contributed by atoms with Crippen molar-refractivity contribution in [1.29, 1.82) is 0 Å². The summed E-state index contributed by atoms with van der Waals surface area (Å²) in [5.74, 6) is -1.33. The third-order valence-electron chi connectivity index (χ3n) is 2.53. The Morgan fingerprint density at radius 3 is 2.32 bits per heavy atom.